The van der Waals surface area contributed by atoms with Crippen molar-refractivity contribution >= 4 is 35.6 Å². The van der Waals surface area contributed by atoms with Crippen molar-refractivity contribution in [3.63, 3.8) is 0 Å². The summed E-state index contributed by atoms with van der Waals surface area (Å²) in [6.45, 7) is 7.89. The third-order valence-electron chi connectivity index (χ3n) is 5.81. The SMILES string of the molecule is CN=C(NCC1CCCN1CCOC)N1CCN(c2ccc(OC)cc2)CC1.I. The summed E-state index contributed by atoms with van der Waals surface area (Å²) < 4.78 is 10.5. The Kier molecular flexibility index (Phi) is 10.3. The van der Waals surface area contributed by atoms with Crippen molar-refractivity contribution in [1.29, 1.82) is 0 Å². The number of rotatable bonds is 7. The van der Waals surface area contributed by atoms with E-state index in [2.05, 4.69) is 37.1 Å². The van der Waals surface area contributed by atoms with E-state index in [1.54, 1.807) is 14.2 Å². The molecule has 29 heavy (non-hydrogen) atoms. The summed E-state index contributed by atoms with van der Waals surface area (Å²) in [5.74, 6) is 1.92. The van der Waals surface area contributed by atoms with Gasteiger partial charge in [-0.3, -0.25) is 9.89 Å². The van der Waals surface area contributed by atoms with Crippen LogP contribution < -0.4 is 15.0 Å². The fourth-order valence-electron chi connectivity index (χ4n) is 4.14. The van der Waals surface area contributed by atoms with Gasteiger partial charge < -0.3 is 24.6 Å². The number of ether oxygens (including phenoxy) is 2. The first-order valence-electron chi connectivity index (χ1n) is 10.3. The van der Waals surface area contributed by atoms with Gasteiger partial charge in [0.1, 0.15) is 5.75 Å². The van der Waals surface area contributed by atoms with E-state index in [4.69, 9.17) is 9.47 Å². The van der Waals surface area contributed by atoms with E-state index in [0.717, 1.165) is 57.6 Å². The van der Waals surface area contributed by atoms with E-state index < -0.39 is 0 Å². The fraction of sp³-hybridized carbons (Fsp3) is 0.667. The minimum atomic E-state index is 0. The summed E-state index contributed by atoms with van der Waals surface area (Å²) >= 11 is 0. The molecule has 1 unspecified atom stereocenters. The van der Waals surface area contributed by atoms with Crippen LogP contribution in [0.25, 0.3) is 0 Å². The predicted molar refractivity (Wildman–Crippen MR) is 130 cm³/mol. The highest BCUT2D eigenvalue weighted by molar-refractivity contribution is 14.0. The monoisotopic (exact) mass is 517 g/mol. The summed E-state index contributed by atoms with van der Waals surface area (Å²) in [5, 5.41) is 3.62. The number of anilines is 1. The average Bonchev–Trinajstić information content (AvgIpc) is 3.20. The Morgan fingerprint density at radius 2 is 1.83 bits per heavy atom. The second kappa shape index (κ2) is 12.4. The van der Waals surface area contributed by atoms with Gasteiger partial charge >= 0.3 is 0 Å². The van der Waals surface area contributed by atoms with Crippen LogP contribution in [0.3, 0.4) is 0 Å². The number of hydrogen-bond acceptors (Lipinski definition) is 5. The molecule has 0 saturated carbocycles. The zero-order valence-corrected chi connectivity index (χ0v) is 20.3. The first-order valence-corrected chi connectivity index (χ1v) is 10.3. The molecule has 2 aliphatic heterocycles. The van der Waals surface area contributed by atoms with E-state index in [1.807, 2.05) is 19.2 Å². The molecule has 0 spiro atoms. The van der Waals surface area contributed by atoms with E-state index in [9.17, 15) is 0 Å². The molecule has 0 aromatic heterocycles. The summed E-state index contributed by atoms with van der Waals surface area (Å²) in [6.07, 6.45) is 2.52. The molecule has 2 aliphatic rings. The quantitative estimate of drug-likeness (QED) is 0.340. The summed E-state index contributed by atoms with van der Waals surface area (Å²) in [6, 6.07) is 8.90. The van der Waals surface area contributed by atoms with Crippen molar-refractivity contribution in [2.45, 2.75) is 18.9 Å². The van der Waals surface area contributed by atoms with E-state index >= 15 is 0 Å². The molecule has 164 valence electrons. The van der Waals surface area contributed by atoms with Gasteiger partial charge in [0, 0.05) is 65.2 Å². The summed E-state index contributed by atoms with van der Waals surface area (Å²) in [4.78, 5) is 11.9. The number of halogens is 1. The van der Waals surface area contributed by atoms with Crippen molar-refractivity contribution < 1.29 is 9.47 Å². The van der Waals surface area contributed by atoms with Crippen LogP contribution in [0.1, 0.15) is 12.8 Å². The number of piperazine rings is 1. The van der Waals surface area contributed by atoms with Crippen molar-refractivity contribution in [2.24, 2.45) is 4.99 Å². The third kappa shape index (κ3) is 6.62. The molecular weight excluding hydrogens is 481 g/mol. The highest BCUT2D eigenvalue weighted by Gasteiger charge is 2.25. The van der Waals surface area contributed by atoms with Crippen molar-refractivity contribution in [2.75, 3.05) is 78.6 Å². The zero-order valence-electron chi connectivity index (χ0n) is 18.0. The molecular formula is C21H36IN5O2. The molecule has 2 heterocycles. The van der Waals surface area contributed by atoms with Gasteiger partial charge in [0.25, 0.3) is 0 Å². The number of likely N-dealkylation sites (tertiary alicyclic amines) is 1. The molecule has 2 saturated heterocycles. The normalized spacial score (nSPS) is 20.5. The molecule has 0 amide bonds. The summed E-state index contributed by atoms with van der Waals surface area (Å²) in [7, 11) is 5.36. The number of hydrogen-bond donors (Lipinski definition) is 1. The smallest absolute Gasteiger partial charge is 0.193 e. The van der Waals surface area contributed by atoms with Crippen molar-refractivity contribution in [3.05, 3.63) is 24.3 Å². The lowest BCUT2D eigenvalue weighted by Gasteiger charge is -2.38. The second-order valence-corrected chi connectivity index (χ2v) is 7.43. The standard InChI is InChI=1S/C21H35N5O2.HI/c1-22-21(23-17-19-5-4-10-24(19)15-16-27-2)26-13-11-25(12-14-26)18-6-8-20(28-3)9-7-18;/h6-9,19H,4-5,10-17H2,1-3H3,(H,22,23);1H. The second-order valence-electron chi connectivity index (χ2n) is 7.43. The van der Waals surface area contributed by atoms with E-state index in [1.165, 1.54) is 25.1 Å². The Morgan fingerprint density at radius 3 is 2.45 bits per heavy atom. The van der Waals surface area contributed by atoms with Crippen molar-refractivity contribution in [1.82, 2.24) is 15.1 Å². The molecule has 1 atom stereocenters. The molecule has 1 aromatic carbocycles. The lowest BCUT2D eigenvalue weighted by molar-refractivity contribution is 0.141. The molecule has 8 heteroatoms. The number of aliphatic imine (C=N–C) groups is 1. The van der Waals surface area contributed by atoms with Crippen LogP contribution in [0.15, 0.2) is 29.3 Å². The molecule has 1 N–H and O–H groups in total. The lowest BCUT2D eigenvalue weighted by atomic mass is 10.2. The van der Waals surface area contributed by atoms with Crippen LogP contribution in [-0.4, -0.2) is 95.5 Å². The van der Waals surface area contributed by atoms with Crippen LogP contribution >= 0.6 is 24.0 Å². The maximum absolute atomic E-state index is 5.26. The Labute approximate surface area is 192 Å². The minimum Gasteiger partial charge on any atom is -0.497 e. The maximum atomic E-state index is 5.26. The molecule has 7 nitrogen and oxygen atoms in total. The van der Waals surface area contributed by atoms with Crippen LogP contribution in [0.2, 0.25) is 0 Å². The predicted octanol–water partition coefficient (Wildman–Crippen LogP) is 2.12. The summed E-state index contributed by atoms with van der Waals surface area (Å²) in [5.41, 5.74) is 1.25. The fourth-order valence-corrected chi connectivity index (χ4v) is 4.14. The molecule has 0 radical (unpaired) electrons. The van der Waals surface area contributed by atoms with E-state index in [-0.39, 0.29) is 24.0 Å². The molecule has 1 aromatic rings. The number of nitrogens with one attached hydrogen (secondary N) is 1. The Balaban J connectivity index is 0.00000300. The topological polar surface area (TPSA) is 52.6 Å². The molecule has 0 bridgehead atoms. The Bertz CT molecular complexity index is 620. The van der Waals surface area contributed by atoms with Crippen molar-refractivity contribution in [3.8, 4) is 5.75 Å². The van der Waals surface area contributed by atoms with Gasteiger partial charge in [0.2, 0.25) is 0 Å². The van der Waals surface area contributed by atoms with Gasteiger partial charge in [0.15, 0.2) is 5.96 Å². The molecule has 0 aliphatic carbocycles. The number of methoxy groups -OCH3 is 2. The van der Waals surface area contributed by atoms with Gasteiger partial charge in [-0.15, -0.1) is 24.0 Å². The zero-order chi connectivity index (χ0) is 19.8. The van der Waals surface area contributed by atoms with Crippen LogP contribution in [-0.2, 0) is 4.74 Å². The maximum Gasteiger partial charge on any atom is 0.193 e. The van der Waals surface area contributed by atoms with Gasteiger partial charge in [-0.1, -0.05) is 0 Å². The van der Waals surface area contributed by atoms with Crippen LogP contribution in [0.5, 0.6) is 5.75 Å². The van der Waals surface area contributed by atoms with Crippen LogP contribution in [0.4, 0.5) is 5.69 Å². The number of benzene rings is 1. The highest BCUT2D eigenvalue weighted by Crippen LogP contribution is 2.21. The Hall–Kier alpha value is -1.26. The minimum absolute atomic E-state index is 0. The van der Waals surface area contributed by atoms with Gasteiger partial charge in [0.05, 0.1) is 13.7 Å². The van der Waals surface area contributed by atoms with E-state index in [0.29, 0.717) is 6.04 Å². The van der Waals surface area contributed by atoms with Gasteiger partial charge in [-0.05, 0) is 43.7 Å². The lowest BCUT2D eigenvalue weighted by Crippen LogP contribution is -2.54. The largest absolute Gasteiger partial charge is 0.497 e. The molecule has 3 rings (SSSR count). The number of nitrogens with zero attached hydrogens (tertiary/aromatic N) is 4. The average molecular weight is 517 g/mol. The Morgan fingerprint density at radius 1 is 1.10 bits per heavy atom. The first kappa shape index (κ1) is 24.0. The van der Waals surface area contributed by atoms with Gasteiger partial charge in [-0.2, -0.15) is 0 Å². The first-order chi connectivity index (χ1) is 13.7. The highest BCUT2D eigenvalue weighted by atomic mass is 127. The van der Waals surface area contributed by atoms with Crippen LogP contribution in [0, 0.1) is 0 Å². The van der Waals surface area contributed by atoms with Gasteiger partial charge in [-0.25, -0.2) is 0 Å². The third-order valence-corrected chi connectivity index (χ3v) is 5.81. The molecule has 2 fully saturated rings. The number of guanidine groups is 1.